The molecule has 3 nitrogen and oxygen atoms in total. The van der Waals surface area contributed by atoms with Crippen molar-refractivity contribution in [3.63, 3.8) is 0 Å². The van der Waals surface area contributed by atoms with Gasteiger partial charge in [-0.15, -0.1) is 0 Å². The van der Waals surface area contributed by atoms with Crippen LogP contribution in [-0.4, -0.2) is 19.1 Å². The second-order valence-corrected chi connectivity index (χ2v) is 3.77. The summed E-state index contributed by atoms with van der Waals surface area (Å²) in [4.78, 5) is 11.6. The number of hydrogen-bond donors (Lipinski definition) is 1. The number of anilines is 1. The molecular weight excluding hydrogens is 235 g/mol. The van der Waals surface area contributed by atoms with Crippen LogP contribution < -0.4 is 5.32 Å². The molecule has 0 saturated carbocycles. The second-order valence-electron chi connectivity index (χ2n) is 3.77. The van der Waals surface area contributed by atoms with E-state index in [-0.39, 0.29) is 18.2 Å². The van der Waals surface area contributed by atoms with E-state index in [0.717, 1.165) is 12.1 Å². The average molecular weight is 245 g/mol. The van der Waals surface area contributed by atoms with E-state index >= 15 is 0 Å². The summed E-state index contributed by atoms with van der Waals surface area (Å²) in [5.74, 6) is -5.10. The van der Waals surface area contributed by atoms with Crippen LogP contribution in [0.5, 0.6) is 0 Å². The monoisotopic (exact) mass is 245 g/mol. The maximum absolute atomic E-state index is 13.2. The van der Waals surface area contributed by atoms with E-state index in [2.05, 4.69) is 5.32 Å². The third kappa shape index (κ3) is 2.41. The smallest absolute Gasteiger partial charge is 0.229 e. The van der Waals surface area contributed by atoms with Crippen molar-refractivity contribution in [3.05, 3.63) is 29.6 Å². The quantitative estimate of drug-likeness (QED) is 0.810. The average Bonchev–Trinajstić information content (AvgIpc) is 2.83. The number of benzene rings is 1. The van der Waals surface area contributed by atoms with E-state index in [0.29, 0.717) is 13.0 Å². The van der Waals surface area contributed by atoms with Crippen molar-refractivity contribution in [1.29, 1.82) is 0 Å². The minimum Gasteiger partial charge on any atom is -0.381 e. The molecule has 17 heavy (non-hydrogen) atoms. The highest BCUT2D eigenvalue weighted by Crippen LogP contribution is 2.21. The van der Waals surface area contributed by atoms with Crippen molar-refractivity contribution in [3.8, 4) is 0 Å². The van der Waals surface area contributed by atoms with Gasteiger partial charge < -0.3 is 10.1 Å². The van der Waals surface area contributed by atoms with Gasteiger partial charge in [-0.05, 0) is 18.6 Å². The number of carbonyl (C=O) groups is 1. The van der Waals surface area contributed by atoms with Gasteiger partial charge in [0.1, 0.15) is 0 Å². The van der Waals surface area contributed by atoms with Crippen LogP contribution in [0.4, 0.5) is 18.9 Å². The first-order valence-corrected chi connectivity index (χ1v) is 5.11. The molecule has 1 N–H and O–H groups in total. The first-order chi connectivity index (χ1) is 8.09. The molecule has 1 saturated heterocycles. The second kappa shape index (κ2) is 4.75. The molecule has 1 atom stereocenters. The van der Waals surface area contributed by atoms with Crippen molar-refractivity contribution < 1.29 is 22.7 Å². The van der Waals surface area contributed by atoms with Crippen LogP contribution in [0, 0.1) is 23.4 Å². The highest BCUT2D eigenvalue weighted by atomic mass is 19.2. The highest BCUT2D eigenvalue weighted by molar-refractivity contribution is 5.92. The molecule has 1 aliphatic heterocycles. The van der Waals surface area contributed by atoms with Crippen molar-refractivity contribution >= 4 is 11.6 Å². The minimum absolute atomic E-state index is 0.261. The van der Waals surface area contributed by atoms with Gasteiger partial charge in [0.05, 0.1) is 18.2 Å². The Morgan fingerprint density at radius 2 is 2.06 bits per heavy atom. The topological polar surface area (TPSA) is 38.3 Å². The van der Waals surface area contributed by atoms with Crippen molar-refractivity contribution in [1.82, 2.24) is 0 Å². The van der Waals surface area contributed by atoms with E-state index < -0.39 is 23.4 Å². The van der Waals surface area contributed by atoms with Gasteiger partial charge in [0.2, 0.25) is 5.91 Å². The van der Waals surface area contributed by atoms with E-state index in [1.807, 2.05) is 0 Å². The van der Waals surface area contributed by atoms with E-state index in [1.165, 1.54) is 0 Å². The summed E-state index contributed by atoms with van der Waals surface area (Å²) in [6.45, 7) is 0.732. The summed E-state index contributed by atoms with van der Waals surface area (Å²) >= 11 is 0. The molecule has 92 valence electrons. The predicted molar refractivity (Wildman–Crippen MR) is 53.9 cm³/mol. The lowest BCUT2D eigenvalue weighted by Gasteiger charge is -2.10. The summed E-state index contributed by atoms with van der Waals surface area (Å²) in [6, 6.07) is 1.75. The highest BCUT2D eigenvalue weighted by Gasteiger charge is 2.25. The number of ether oxygens (including phenoxy) is 1. The minimum atomic E-state index is -1.59. The van der Waals surface area contributed by atoms with Crippen molar-refractivity contribution in [2.45, 2.75) is 6.42 Å². The number of nitrogens with one attached hydrogen (secondary N) is 1. The lowest BCUT2D eigenvalue weighted by molar-refractivity contribution is -0.119. The summed E-state index contributed by atoms with van der Waals surface area (Å²) in [6.07, 6.45) is 0.539. The fraction of sp³-hybridized carbons (Fsp3) is 0.364. The molecule has 1 unspecified atom stereocenters. The van der Waals surface area contributed by atoms with E-state index in [4.69, 9.17) is 4.74 Å². The Balaban J connectivity index is 2.13. The molecule has 1 aromatic rings. The van der Waals surface area contributed by atoms with Crippen LogP contribution >= 0.6 is 0 Å². The van der Waals surface area contributed by atoms with Crippen LogP contribution in [0.3, 0.4) is 0 Å². The van der Waals surface area contributed by atoms with Gasteiger partial charge >= 0.3 is 0 Å². The zero-order valence-electron chi connectivity index (χ0n) is 8.80. The van der Waals surface area contributed by atoms with Gasteiger partial charge in [0.15, 0.2) is 17.5 Å². The first-order valence-electron chi connectivity index (χ1n) is 5.11. The van der Waals surface area contributed by atoms with E-state index in [1.54, 1.807) is 0 Å². The van der Waals surface area contributed by atoms with Crippen LogP contribution in [0.15, 0.2) is 12.1 Å². The predicted octanol–water partition coefficient (Wildman–Crippen LogP) is 2.08. The molecule has 1 heterocycles. The number of hydrogen-bond acceptors (Lipinski definition) is 2. The molecule has 0 spiro atoms. The summed E-state index contributed by atoms with van der Waals surface area (Å²) in [5, 5.41) is 2.22. The molecule has 1 amide bonds. The van der Waals surface area contributed by atoms with Gasteiger partial charge in [0.25, 0.3) is 0 Å². The molecule has 0 bridgehead atoms. The maximum Gasteiger partial charge on any atom is 0.229 e. The van der Waals surface area contributed by atoms with Crippen LogP contribution in [0.25, 0.3) is 0 Å². The molecule has 2 rings (SSSR count). The number of carbonyl (C=O) groups excluding carboxylic acids is 1. The first kappa shape index (κ1) is 11.9. The van der Waals surface area contributed by atoms with Crippen LogP contribution in [0.1, 0.15) is 6.42 Å². The van der Waals surface area contributed by atoms with Gasteiger partial charge in [-0.25, -0.2) is 13.2 Å². The van der Waals surface area contributed by atoms with Crippen LogP contribution in [0.2, 0.25) is 0 Å². The molecule has 6 heteroatoms. The Hall–Kier alpha value is -1.56. The third-order valence-corrected chi connectivity index (χ3v) is 2.59. The standard InChI is InChI=1S/C11H10F3NO2/c12-7-1-2-8(10(14)9(7)13)15-11(16)6-3-4-17-5-6/h1-2,6H,3-5H2,(H,15,16). The third-order valence-electron chi connectivity index (χ3n) is 2.59. The molecule has 1 fully saturated rings. The van der Waals surface area contributed by atoms with Crippen molar-refractivity contribution in [2.75, 3.05) is 18.5 Å². The Kier molecular flexibility index (Phi) is 3.33. The molecule has 0 aromatic heterocycles. The zero-order chi connectivity index (χ0) is 12.4. The Morgan fingerprint density at radius 3 is 2.71 bits per heavy atom. The lowest BCUT2D eigenvalue weighted by Crippen LogP contribution is -2.23. The summed E-state index contributed by atoms with van der Waals surface area (Å²) in [5.41, 5.74) is -0.360. The maximum atomic E-state index is 13.2. The van der Waals surface area contributed by atoms with Gasteiger partial charge in [-0.1, -0.05) is 0 Å². The molecule has 1 aliphatic rings. The van der Waals surface area contributed by atoms with E-state index in [9.17, 15) is 18.0 Å². The SMILES string of the molecule is O=C(Nc1ccc(F)c(F)c1F)C1CCOC1. The largest absolute Gasteiger partial charge is 0.381 e. The fourth-order valence-corrected chi connectivity index (χ4v) is 1.60. The van der Waals surface area contributed by atoms with Gasteiger partial charge in [-0.3, -0.25) is 4.79 Å². The molecule has 1 aromatic carbocycles. The summed E-state index contributed by atoms with van der Waals surface area (Å²) < 4.78 is 43.8. The lowest BCUT2D eigenvalue weighted by atomic mass is 10.1. The van der Waals surface area contributed by atoms with Gasteiger partial charge in [-0.2, -0.15) is 0 Å². The number of amides is 1. The molecule has 0 radical (unpaired) electrons. The number of halogens is 3. The Bertz CT molecular complexity index is 445. The summed E-state index contributed by atoms with van der Waals surface area (Å²) in [7, 11) is 0. The Labute approximate surface area is 95.6 Å². The van der Waals surface area contributed by atoms with Crippen molar-refractivity contribution in [2.24, 2.45) is 5.92 Å². The zero-order valence-corrected chi connectivity index (χ0v) is 8.80. The molecular formula is C11H10F3NO2. The number of rotatable bonds is 2. The normalized spacial score (nSPS) is 19.4. The Morgan fingerprint density at radius 1 is 1.29 bits per heavy atom. The van der Waals surface area contributed by atoms with Gasteiger partial charge in [0, 0.05) is 6.61 Å². The van der Waals surface area contributed by atoms with Crippen LogP contribution in [-0.2, 0) is 9.53 Å². The molecule has 0 aliphatic carbocycles. The fourth-order valence-electron chi connectivity index (χ4n) is 1.60.